The summed E-state index contributed by atoms with van der Waals surface area (Å²) in [5, 5.41) is 1.76. The van der Waals surface area contributed by atoms with Crippen molar-refractivity contribution in [3.05, 3.63) is 69.2 Å². The van der Waals surface area contributed by atoms with Gasteiger partial charge >= 0.3 is 0 Å². The first kappa shape index (κ1) is 23.8. The van der Waals surface area contributed by atoms with Crippen LogP contribution in [0.25, 0.3) is 11.1 Å². The molecule has 1 aliphatic heterocycles. The highest BCUT2D eigenvalue weighted by atomic mass is 32.2. The summed E-state index contributed by atoms with van der Waals surface area (Å²) >= 11 is 1.17. The first-order chi connectivity index (χ1) is 15.9. The molecule has 0 bridgehead atoms. The van der Waals surface area contributed by atoms with Gasteiger partial charge in [-0.15, -0.1) is 11.3 Å². The lowest BCUT2D eigenvalue weighted by atomic mass is 10.0. The van der Waals surface area contributed by atoms with E-state index in [1.807, 2.05) is 19.1 Å². The van der Waals surface area contributed by atoms with E-state index in [1.54, 1.807) is 36.8 Å². The average Bonchev–Trinajstić information content (AvgIpc) is 3.31. The Bertz CT molecular complexity index is 1250. The van der Waals surface area contributed by atoms with Crippen molar-refractivity contribution in [1.82, 2.24) is 19.6 Å². The smallest absolute Gasteiger partial charge is 0.251 e. The van der Waals surface area contributed by atoms with Crippen molar-refractivity contribution < 1.29 is 13.2 Å². The summed E-state index contributed by atoms with van der Waals surface area (Å²) in [5.41, 5.74) is 3.42. The van der Waals surface area contributed by atoms with E-state index in [0.29, 0.717) is 36.5 Å². The van der Waals surface area contributed by atoms with Gasteiger partial charge in [-0.25, -0.2) is 13.1 Å². The van der Waals surface area contributed by atoms with Gasteiger partial charge in [0.1, 0.15) is 4.21 Å². The molecule has 4 rings (SSSR count). The minimum absolute atomic E-state index is 0.138. The molecule has 0 amide bonds. The van der Waals surface area contributed by atoms with Gasteiger partial charge in [-0.2, -0.15) is 0 Å². The molecular weight excluding hydrogens is 460 g/mol. The lowest BCUT2D eigenvalue weighted by molar-refractivity contribution is 0.0171. The number of nitrogens with one attached hydrogen (secondary N) is 2. The fourth-order valence-electron chi connectivity index (χ4n) is 4.09. The highest BCUT2D eigenvalue weighted by Crippen LogP contribution is 2.34. The molecule has 0 spiro atoms. The molecule has 0 saturated carbocycles. The van der Waals surface area contributed by atoms with Crippen LogP contribution in [0.1, 0.15) is 29.8 Å². The van der Waals surface area contributed by atoms with E-state index in [9.17, 15) is 13.2 Å². The Hall–Kier alpha value is -2.37. The predicted molar refractivity (Wildman–Crippen MR) is 129 cm³/mol. The molecular formula is C23H28N4O4S2. The monoisotopic (exact) mass is 488 g/mol. The van der Waals surface area contributed by atoms with Crippen LogP contribution >= 0.6 is 11.3 Å². The maximum Gasteiger partial charge on any atom is 0.251 e. The lowest BCUT2D eigenvalue weighted by Crippen LogP contribution is -2.43. The number of aromatic nitrogens is 2. The second-order valence-corrected chi connectivity index (χ2v) is 10.8. The topological polar surface area (TPSA) is 104 Å². The zero-order valence-corrected chi connectivity index (χ0v) is 20.3. The van der Waals surface area contributed by atoms with Gasteiger partial charge in [0, 0.05) is 54.4 Å². The molecule has 8 nitrogen and oxygen atoms in total. The zero-order valence-electron chi connectivity index (χ0n) is 18.7. The molecule has 1 aliphatic rings. The molecule has 0 aliphatic carbocycles. The minimum atomic E-state index is -3.79. The SMILES string of the molecule is CCc1cc(-c2ccsc2S(=O)(=O)NC[C@H](c2cccnc2)N2CCOCC2)c(C)[nH]c1=O. The lowest BCUT2D eigenvalue weighted by Gasteiger charge is -2.34. The quantitative estimate of drug-likeness (QED) is 0.505. The Balaban J connectivity index is 1.62. The molecule has 3 aromatic rings. The number of hydrogen-bond donors (Lipinski definition) is 2. The van der Waals surface area contributed by atoms with Crippen molar-refractivity contribution >= 4 is 21.4 Å². The van der Waals surface area contributed by atoms with Crippen LogP contribution in [0.2, 0.25) is 0 Å². The number of aryl methyl sites for hydroxylation is 2. The van der Waals surface area contributed by atoms with Gasteiger partial charge in [-0.3, -0.25) is 14.7 Å². The third-order valence-electron chi connectivity index (χ3n) is 5.88. The van der Waals surface area contributed by atoms with E-state index in [4.69, 9.17) is 4.74 Å². The second-order valence-electron chi connectivity index (χ2n) is 7.94. The summed E-state index contributed by atoms with van der Waals surface area (Å²) < 4.78 is 35.4. The fraction of sp³-hybridized carbons (Fsp3) is 0.391. The molecule has 10 heteroatoms. The average molecular weight is 489 g/mol. The summed E-state index contributed by atoms with van der Waals surface area (Å²) in [6.07, 6.45) is 4.05. The standard InChI is InChI=1S/C23H28N4O4S2/c1-3-17-13-20(16(2)26-22(17)28)19-6-12-32-23(19)33(29,30)25-15-21(18-5-4-7-24-14-18)27-8-10-31-11-9-27/h4-7,12-14,21,25H,3,8-11,15H2,1-2H3,(H,26,28)/t21-/m1/s1. The third kappa shape index (κ3) is 5.25. The maximum atomic E-state index is 13.4. The van der Waals surface area contributed by atoms with Crippen LogP contribution in [-0.4, -0.2) is 56.1 Å². The second kappa shape index (κ2) is 10.3. The maximum absolute atomic E-state index is 13.4. The fourth-order valence-corrected chi connectivity index (χ4v) is 6.54. The van der Waals surface area contributed by atoms with Crippen molar-refractivity contribution in [3.8, 4) is 11.1 Å². The number of nitrogens with zero attached hydrogens (tertiary/aromatic N) is 2. The van der Waals surface area contributed by atoms with Crippen molar-refractivity contribution in [2.75, 3.05) is 32.8 Å². The van der Waals surface area contributed by atoms with Crippen molar-refractivity contribution in [2.24, 2.45) is 0 Å². The summed E-state index contributed by atoms with van der Waals surface area (Å²) in [6, 6.07) is 7.26. The number of aromatic amines is 1. The van der Waals surface area contributed by atoms with Gasteiger partial charge < -0.3 is 9.72 Å². The van der Waals surface area contributed by atoms with Gasteiger partial charge in [0.25, 0.3) is 15.6 Å². The summed E-state index contributed by atoms with van der Waals surface area (Å²) in [4.78, 5) is 21.4. The Morgan fingerprint density at radius 3 is 2.76 bits per heavy atom. The minimum Gasteiger partial charge on any atom is -0.379 e. The van der Waals surface area contributed by atoms with Crippen LogP contribution < -0.4 is 10.3 Å². The van der Waals surface area contributed by atoms with Crippen LogP contribution in [0.5, 0.6) is 0 Å². The van der Waals surface area contributed by atoms with E-state index in [2.05, 4.69) is 19.6 Å². The molecule has 176 valence electrons. The van der Waals surface area contributed by atoms with E-state index in [1.165, 1.54) is 11.3 Å². The molecule has 4 heterocycles. The highest BCUT2D eigenvalue weighted by molar-refractivity contribution is 7.91. The predicted octanol–water partition coefficient (Wildman–Crippen LogP) is 2.72. The molecule has 1 fully saturated rings. The molecule has 0 unspecified atom stereocenters. The van der Waals surface area contributed by atoms with E-state index < -0.39 is 10.0 Å². The van der Waals surface area contributed by atoms with Gasteiger partial charge in [-0.05, 0) is 42.5 Å². The summed E-state index contributed by atoms with van der Waals surface area (Å²) in [7, 11) is -3.79. The van der Waals surface area contributed by atoms with Crippen LogP contribution in [0.3, 0.4) is 0 Å². The molecule has 1 saturated heterocycles. The number of hydrogen-bond acceptors (Lipinski definition) is 7. The third-order valence-corrected chi connectivity index (χ3v) is 8.79. The number of sulfonamides is 1. The van der Waals surface area contributed by atoms with Gasteiger partial charge in [0.05, 0.1) is 19.3 Å². The van der Waals surface area contributed by atoms with E-state index >= 15 is 0 Å². The molecule has 1 atom stereocenters. The normalized spacial score (nSPS) is 16.1. The number of H-pyrrole nitrogens is 1. The van der Waals surface area contributed by atoms with Gasteiger partial charge in [0.2, 0.25) is 0 Å². The molecule has 2 N–H and O–H groups in total. The van der Waals surface area contributed by atoms with Crippen LogP contribution in [0.15, 0.2) is 51.0 Å². The van der Waals surface area contributed by atoms with Crippen LogP contribution in [-0.2, 0) is 21.2 Å². The van der Waals surface area contributed by atoms with Gasteiger partial charge in [-0.1, -0.05) is 13.0 Å². The van der Waals surface area contributed by atoms with E-state index in [-0.39, 0.29) is 22.4 Å². The molecule has 0 radical (unpaired) electrons. The Morgan fingerprint density at radius 2 is 2.06 bits per heavy atom. The zero-order chi connectivity index (χ0) is 23.4. The number of morpholine rings is 1. The van der Waals surface area contributed by atoms with Gasteiger partial charge in [0.15, 0.2) is 0 Å². The number of rotatable bonds is 8. The van der Waals surface area contributed by atoms with Crippen molar-refractivity contribution in [1.29, 1.82) is 0 Å². The first-order valence-corrected chi connectivity index (χ1v) is 13.3. The van der Waals surface area contributed by atoms with Crippen LogP contribution in [0.4, 0.5) is 0 Å². The Kier molecular flexibility index (Phi) is 7.40. The van der Waals surface area contributed by atoms with Crippen molar-refractivity contribution in [3.63, 3.8) is 0 Å². The number of thiophene rings is 1. The van der Waals surface area contributed by atoms with Crippen LogP contribution in [0, 0.1) is 6.92 Å². The largest absolute Gasteiger partial charge is 0.379 e. The molecule has 33 heavy (non-hydrogen) atoms. The molecule has 0 aromatic carbocycles. The summed E-state index contributed by atoms with van der Waals surface area (Å²) in [6.45, 7) is 6.59. The van der Waals surface area contributed by atoms with E-state index in [0.717, 1.165) is 24.2 Å². The Labute approximate surface area is 197 Å². The molecule has 3 aromatic heterocycles. The first-order valence-electron chi connectivity index (χ1n) is 10.9. The number of ether oxygens (including phenoxy) is 1. The summed E-state index contributed by atoms with van der Waals surface area (Å²) in [5.74, 6) is 0. The highest BCUT2D eigenvalue weighted by Gasteiger charge is 2.27. The van der Waals surface area contributed by atoms with Crippen molar-refractivity contribution in [2.45, 2.75) is 30.5 Å². The number of pyridine rings is 2. The Morgan fingerprint density at radius 1 is 1.27 bits per heavy atom.